The van der Waals surface area contributed by atoms with Gasteiger partial charge < -0.3 is 4.74 Å². The lowest BCUT2D eigenvalue weighted by atomic mass is 10.5. The van der Waals surface area contributed by atoms with Gasteiger partial charge in [-0.3, -0.25) is 4.79 Å². The zero-order valence-electron chi connectivity index (χ0n) is 8.03. The minimum atomic E-state index is -0.333. The number of rotatable bonds is 3. The normalized spacial score (nSPS) is 10.8. The van der Waals surface area contributed by atoms with Gasteiger partial charge in [-0.2, -0.15) is 5.10 Å². The lowest BCUT2D eigenvalue weighted by Gasteiger charge is -2.07. The Morgan fingerprint density at radius 2 is 2.43 bits per heavy atom. The van der Waals surface area contributed by atoms with Crippen LogP contribution in [0.4, 0.5) is 0 Å². The molecule has 0 saturated heterocycles. The van der Waals surface area contributed by atoms with E-state index in [4.69, 9.17) is 16.3 Å². The van der Waals surface area contributed by atoms with E-state index >= 15 is 0 Å². The van der Waals surface area contributed by atoms with Crippen LogP contribution < -0.4 is 10.2 Å². The van der Waals surface area contributed by atoms with Crippen LogP contribution in [0.1, 0.15) is 6.92 Å². The first-order valence-electron chi connectivity index (χ1n) is 4.13. The SMILES string of the molecule is C/C=C/COc1cc(=O)c(Cl)nn1C. The molecular weight excluding hydrogens is 204 g/mol. The third-order valence-corrected chi connectivity index (χ3v) is 1.84. The Kier molecular flexibility index (Phi) is 3.71. The minimum absolute atomic E-state index is 0.0501. The van der Waals surface area contributed by atoms with Crippen LogP contribution in [0.5, 0.6) is 5.88 Å². The van der Waals surface area contributed by atoms with Crippen molar-refractivity contribution in [3.8, 4) is 5.88 Å². The van der Waals surface area contributed by atoms with Crippen molar-refractivity contribution in [2.24, 2.45) is 7.05 Å². The number of ether oxygens (including phenoxy) is 1. The first kappa shape index (κ1) is 10.8. The molecule has 0 N–H and O–H groups in total. The van der Waals surface area contributed by atoms with Crippen molar-refractivity contribution in [1.82, 2.24) is 9.78 Å². The molecule has 0 aromatic carbocycles. The smallest absolute Gasteiger partial charge is 0.222 e. The lowest BCUT2D eigenvalue weighted by molar-refractivity contribution is 0.322. The summed E-state index contributed by atoms with van der Waals surface area (Å²) in [6, 6.07) is 1.32. The number of hydrogen-bond donors (Lipinski definition) is 0. The van der Waals surface area contributed by atoms with Crippen molar-refractivity contribution in [2.75, 3.05) is 6.61 Å². The summed E-state index contributed by atoms with van der Waals surface area (Å²) in [5, 5.41) is 3.72. The minimum Gasteiger partial charge on any atom is -0.474 e. The molecule has 1 heterocycles. The molecule has 1 aromatic rings. The molecule has 76 valence electrons. The van der Waals surface area contributed by atoms with Crippen molar-refractivity contribution < 1.29 is 4.74 Å². The van der Waals surface area contributed by atoms with Gasteiger partial charge in [-0.25, -0.2) is 4.68 Å². The average molecular weight is 215 g/mol. The largest absolute Gasteiger partial charge is 0.474 e. The number of aromatic nitrogens is 2. The standard InChI is InChI=1S/C9H11ClN2O2/c1-3-4-5-14-8-6-7(13)9(10)11-12(8)2/h3-4,6H,5H2,1-2H3/b4-3+. The molecule has 0 saturated carbocycles. The molecule has 0 bridgehead atoms. The quantitative estimate of drug-likeness (QED) is 0.715. The zero-order chi connectivity index (χ0) is 10.6. The maximum atomic E-state index is 11.1. The molecule has 1 aromatic heterocycles. The first-order valence-corrected chi connectivity index (χ1v) is 4.50. The van der Waals surface area contributed by atoms with Gasteiger partial charge in [-0.1, -0.05) is 23.8 Å². The molecular formula is C9H11ClN2O2. The Morgan fingerprint density at radius 1 is 1.71 bits per heavy atom. The molecule has 5 heteroatoms. The molecule has 0 aliphatic carbocycles. The van der Waals surface area contributed by atoms with E-state index in [0.29, 0.717) is 12.5 Å². The van der Waals surface area contributed by atoms with E-state index in [1.54, 1.807) is 7.05 Å². The fourth-order valence-electron chi connectivity index (χ4n) is 0.860. The fourth-order valence-corrected chi connectivity index (χ4v) is 1.03. The van der Waals surface area contributed by atoms with Crippen molar-refractivity contribution >= 4 is 11.6 Å². The van der Waals surface area contributed by atoms with Crippen LogP contribution >= 0.6 is 11.6 Å². The molecule has 0 atom stereocenters. The number of aryl methyl sites for hydroxylation is 1. The summed E-state index contributed by atoms with van der Waals surface area (Å²) in [5.74, 6) is 0.400. The fraction of sp³-hybridized carbons (Fsp3) is 0.333. The van der Waals surface area contributed by atoms with Gasteiger partial charge in [-0.15, -0.1) is 0 Å². The highest BCUT2D eigenvalue weighted by molar-refractivity contribution is 6.29. The molecule has 0 aliphatic heterocycles. The van der Waals surface area contributed by atoms with Gasteiger partial charge in [0.15, 0.2) is 5.15 Å². The third-order valence-electron chi connectivity index (χ3n) is 1.58. The average Bonchev–Trinajstić information content (AvgIpc) is 2.14. The number of nitrogens with zero attached hydrogens (tertiary/aromatic N) is 2. The van der Waals surface area contributed by atoms with Crippen LogP contribution in [0, 0.1) is 0 Å². The van der Waals surface area contributed by atoms with E-state index in [-0.39, 0.29) is 10.6 Å². The zero-order valence-corrected chi connectivity index (χ0v) is 8.78. The highest BCUT2D eigenvalue weighted by Gasteiger charge is 2.03. The predicted molar refractivity (Wildman–Crippen MR) is 54.8 cm³/mol. The summed E-state index contributed by atoms with van der Waals surface area (Å²) < 4.78 is 6.69. The Labute approximate surface area is 86.8 Å². The van der Waals surface area contributed by atoms with Crippen LogP contribution in [0.3, 0.4) is 0 Å². The lowest BCUT2D eigenvalue weighted by Crippen LogP contribution is -2.13. The maximum Gasteiger partial charge on any atom is 0.222 e. The second-order valence-electron chi connectivity index (χ2n) is 2.64. The van der Waals surface area contributed by atoms with Crippen LogP contribution in [0.2, 0.25) is 5.15 Å². The van der Waals surface area contributed by atoms with Gasteiger partial charge in [0.05, 0.1) is 6.07 Å². The first-order chi connectivity index (χ1) is 6.65. The van der Waals surface area contributed by atoms with E-state index in [2.05, 4.69) is 5.10 Å². The third kappa shape index (κ3) is 2.60. The molecule has 1 rings (SSSR count). The van der Waals surface area contributed by atoms with Gasteiger partial charge in [0.1, 0.15) is 6.61 Å². The Balaban J connectivity index is 2.87. The summed E-state index contributed by atoms with van der Waals surface area (Å²) in [5.41, 5.74) is -0.333. The van der Waals surface area contributed by atoms with Crippen molar-refractivity contribution in [1.29, 1.82) is 0 Å². The Hall–Kier alpha value is -1.29. The van der Waals surface area contributed by atoms with Crippen LogP contribution in [-0.2, 0) is 7.05 Å². The maximum absolute atomic E-state index is 11.1. The summed E-state index contributed by atoms with van der Waals surface area (Å²) in [4.78, 5) is 11.1. The van der Waals surface area contributed by atoms with E-state index in [9.17, 15) is 4.79 Å². The number of allylic oxidation sites excluding steroid dienone is 1. The van der Waals surface area contributed by atoms with E-state index in [1.807, 2.05) is 19.1 Å². The predicted octanol–water partition coefficient (Wildman–Crippen LogP) is 1.39. The highest BCUT2D eigenvalue weighted by atomic mass is 35.5. The Morgan fingerprint density at radius 3 is 3.07 bits per heavy atom. The molecule has 14 heavy (non-hydrogen) atoms. The Bertz CT molecular complexity index is 398. The molecule has 0 unspecified atom stereocenters. The summed E-state index contributed by atoms with van der Waals surface area (Å²) >= 11 is 5.53. The summed E-state index contributed by atoms with van der Waals surface area (Å²) in [6.45, 7) is 2.30. The molecule has 0 amide bonds. The molecule has 0 radical (unpaired) electrons. The second kappa shape index (κ2) is 4.81. The molecule has 0 spiro atoms. The second-order valence-corrected chi connectivity index (χ2v) is 3.00. The molecule has 0 aliphatic rings. The van der Waals surface area contributed by atoms with Crippen molar-refractivity contribution in [2.45, 2.75) is 6.92 Å². The summed E-state index contributed by atoms with van der Waals surface area (Å²) in [7, 11) is 1.66. The van der Waals surface area contributed by atoms with E-state index in [1.165, 1.54) is 10.7 Å². The van der Waals surface area contributed by atoms with Crippen molar-refractivity contribution in [3.63, 3.8) is 0 Å². The van der Waals surface area contributed by atoms with Gasteiger partial charge in [-0.05, 0) is 6.92 Å². The molecule has 0 fully saturated rings. The highest BCUT2D eigenvalue weighted by Crippen LogP contribution is 2.06. The van der Waals surface area contributed by atoms with Gasteiger partial charge in [0, 0.05) is 7.05 Å². The topological polar surface area (TPSA) is 44.1 Å². The van der Waals surface area contributed by atoms with E-state index in [0.717, 1.165) is 0 Å². The molecule has 4 nitrogen and oxygen atoms in total. The monoisotopic (exact) mass is 214 g/mol. The van der Waals surface area contributed by atoms with Gasteiger partial charge in [0.2, 0.25) is 11.3 Å². The van der Waals surface area contributed by atoms with Gasteiger partial charge in [0.25, 0.3) is 0 Å². The van der Waals surface area contributed by atoms with Crippen LogP contribution in [-0.4, -0.2) is 16.4 Å². The number of halogens is 1. The number of hydrogen-bond acceptors (Lipinski definition) is 3. The summed E-state index contributed by atoms with van der Waals surface area (Å²) in [6.07, 6.45) is 3.69. The van der Waals surface area contributed by atoms with Crippen molar-refractivity contribution in [3.05, 3.63) is 33.6 Å². The van der Waals surface area contributed by atoms with Crippen LogP contribution in [0.25, 0.3) is 0 Å². The van der Waals surface area contributed by atoms with Gasteiger partial charge >= 0.3 is 0 Å². The van der Waals surface area contributed by atoms with Crippen LogP contribution in [0.15, 0.2) is 23.0 Å². The van der Waals surface area contributed by atoms with E-state index < -0.39 is 0 Å².